The zero-order chi connectivity index (χ0) is 31.3. The van der Waals surface area contributed by atoms with Gasteiger partial charge in [-0.1, -0.05) is 46.4 Å². The van der Waals surface area contributed by atoms with Crippen LogP contribution in [0, 0.1) is 23.4 Å². The number of halogens is 11. The highest BCUT2D eigenvalue weighted by atomic mass is 35.5. The Hall–Kier alpha value is -2.54. The molecule has 0 unspecified atom stereocenters. The first-order chi connectivity index (χ1) is 19.5. The molecule has 3 aromatic rings. The first-order valence-corrected chi connectivity index (χ1v) is 13.5. The Balaban J connectivity index is 0.00000337. The maximum atomic E-state index is 14.8. The molecule has 3 N–H and O–H groups in total. The van der Waals surface area contributed by atoms with Crippen LogP contribution in [0.15, 0.2) is 36.4 Å². The minimum absolute atomic E-state index is 0. The van der Waals surface area contributed by atoms with E-state index in [4.69, 9.17) is 69.6 Å². The molecule has 0 aromatic heterocycles. The largest absolute Gasteiger partial charge is 0.326 e. The number of benzene rings is 3. The van der Waals surface area contributed by atoms with Crippen LogP contribution in [-0.4, -0.2) is 28.5 Å². The first kappa shape index (κ1) is 32.4. The molecule has 4 rings (SSSR count). The molecule has 0 spiro atoms. The summed E-state index contributed by atoms with van der Waals surface area (Å²) in [5.41, 5.74) is -2.64. The van der Waals surface area contributed by atoms with E-state index in [9.17, 15) is 36.3 Å². The van der Waals surface area contributed by atoms with Gasteiger partial charge in [0.1, 0.15) is 21.7 Å². The number of carbonyl (C=O) groups is 3. The van der Waals surface area contributed by atoms with Crippen LogP contribution in [0.4, 0.5) is 39.0 Å². The summed E-state index contributed by atoms with van der Waals surface area (Å²) in [6.07, 6.45) is -3.51. The van der Waals surface area contributed by atoms with Gasteiger partial charge in [-0.25, -0.2) is 13.2 Å². The van der Waals surface area contributed by atoms with Gasteiger partial charge < -0.3 is 16.0 Å². The second-order valence-electron chi connectivity index (χ2n) is 8.77. The lowest BCUT2D eigenvalue weighted by Crippen LogP contribution is -2.22. The van der Waals surface area contributed by atoms with Crippen LogP contribution in [0.5, 0.6) is 0 Å². The lowest BCUT2D eigenvalue weighted by molar-refractivity contribution is -0.126. The molecule has 0 bridgehead atoms. The third-order valence-corrected chi connectivity index (χ3v) is 8.55. The van der Waals surface area contributed by atoms with Crippen LogP contribution in [0.1, 0.15) is 26.1 Å². The average molecular weight is 716 g/mol. The van der Waals surface area contributed by atoms with Crippen molar-refractivity contribution in [2.75, 3.05) is 16.0 Å². The second kappa shape index (κ2) is 12.2. The van der Waals surface area contributed by atoms with Crippen LogP contribution in [0.2, 0.25) is 20.1 Å². The van der Waals surface area contributed by atoms with Gasteiger partial charge in [0.05, 0.1) is 37.3 Å². The number of rotatable bonds is 7. The number of nitrogens with one attached hydrogen (secondary N) is 3. The van der Waals surface area contributed by atoms with Crippen molar-refractivity contribution in [3.05, 3.63) is 85.1 Å². The summed E-state index contributed by atoms with van der Waals surface area (Å²) in [6.45, 7) is 0. The van der Waals surface area contributed by atoms with Crippen LogP contribution >= 0.6 is 69.6 Å². The van der Waals surface area contributed by atoms with Gasteiger partial charge in [-0.15, -0.1) is 23.2 Å². The fourth-order valence-electron chi connectivity index (χ4n) is 4.00. The summed E-state index contributed by atoms with van der Waals surface area (Å²) in [6, 6.07) is 5.73. The van der Waals surface area contributed by atoms with Crippen LogP contribution in [0.25, 0.3) is 0 Å². The Morgan fingerprint density at radius 2 is 1.45 bits per heavy atom. The molecule has 0 radical (unpaired) electrons. The topological polar surface area (TPSA) is 87.3 Å². The van der Waals surface area contributed by atoms with E-state index in [0.29, 0.717) is 17.7 Å². The van der Waals surface area contributed by atoms with Crippen LogP contribution < -0.4 is 16.0 Å². The fraction of sp³-hybridized carbons (Fsp3) is 0.160. The molecule has 1 saturated carbocycles. The van der Waals surface area contributed by atoms with E-state index in [-0.39, 0.29) is 25.0 Å². The Morgan fingerprint density at radius 1 is 0.833 bits per heavy atom. The van der Waals surface area contributed by atoms with Crippen molar-refractivity contribution < 1.29 is 40.6 Å². The Labute approximate surface area is 267 Å². The standard InChI is InChI=1S/C25H12Cl6F5N3O3.3H2/c26-10-3-7(4-11(27)18(10)29)15-16(25(15,30)31)23(41)37-8-5-9(17(28)13(33)6-8)22(40)39-20-12(32)1-2-14(19(20)34)38-24(42)21(35)36;;;/h1-6,15-16,21H,(H,37,41)(H,38,42)(H,39,40);3*1H/t15-,16+;;;/m0.../s1. The predicted octanol–water partition coefficient (Wildman–Crippen LogP) is 9.44. The maximum absolute atomic E-state index is 14.8. The maximum Gasteiger partial charge on any atom is 0.315 e. The molecular weight excluding hydrogens is 698 g/mol. The quantitative estimate of drug-likeness (QED) is 0.129. The van der Waals surface area contributed by atoms with E-state index in [2.05, 4.69) is 5.32 Å². The van der Waals surface area contributed by atoms with Crippen molar-refractivity contribution in [1.82, 2.24) is 0 Å². The lowest BCUT2D eigenvalue weighted by Gasteiger charge is -2.14. The molecule has 1 aliphatic carbocycles. The summed E-state index contributed by atoms with van der Waals surface area (Å²) in [4.78, 5) is 37.1. The van der Waals surface area contributed by atoms with Crippen molar-refractivity contribution in [2.45, 2.75) is 16.7 Å². The van der Waals surface area contributed by atoms with Gasteiger partial charge in [-0.05, 0) is 42.0 Å². The Bertz CT molecular complexity index is 1630. The SMILES string of the molecule is O=C(Nc1c(F)ccc(NC(=O)C(F)F)c1F)c1cc(NC(=O)[C@H]2[C@H](c3cc(Cl)c(Cl)c(Cl)c3)C2(Cl)Cl)cc(F)c1Cl.[HH].[HH].[HH]. The van der Waals surface area contributed by atoms with Crippen molar-refractivity contribution in [3.8, 4) is 0 Å². The fourth-order valence-corrected chi connectivity index (χ4v) is 5.64. The zero-order valence-corrected chi connectivity index (χ0v) is 24.6. The smallest absolute Gasteiger partial charge is 0.315 e. The van der Waals surface area contributed by atoms with Gasteiger partial charge in [0.15, 0.2) is 5.82 Å². The van der Waals surface area contributed by atoms with Gasteiger partial charge in [-0.2, -0.15) is 8.78 Å². The van der Waals surface area contributed by atoms with Gasteiger partial charge >= 0.3 is 6.43 Å². The molecule has 228 valence electrons. The highest BCUT2D eigenvalue weighted by Crippen LogP contribution is 2.65. The summed E-state index contributed by atoms with van der Waals surface area (Å²) in [5, 5.41) is 5.14. The van der Waals surface area contributed by atoms with Crippen LogP contribution in [-0.2, 0) is 9.59 Å². The Morgan fingerprint density at radius 3 is 2.05 bits per heavy atom. The summed E-state index contributed by atoms with van der Waals surface area (Å²) >= 11 is 36.6. The van der Waals surface area contributed by atoms with Crippen molar-refractivity contribution in [2.24, 2.45) is 5.92 Å². The number of alkyl halides is 4. The van der Waals surface area contributed by atoms with E-state index >= 15 is 0 Å². The summed E-state index contributed by atoms with van der Waals surface area (Å²) < 4.78 is 67.2. The van der Waals surface area contributed by atoms with Crippen LogP contribution in [0.3, 0.4) is 0 Å². The third kappa shape index (κ3) is 6.36. The molecular formula is C25H18Cl6F5N3O3. The van der Waals surface area contributed by atoms with E-state index in [1.165, 1.54) is 17.4 Å². The van der Waals surface area contributed by atoms with E-state index < -0.39 is 79.7 Å². The van der Waals surface area contributed by atoms with Gasteiger partial charge in [0.25, 0.3) is 11.8 Å². The molecule has 1 fully saturated rings. The highest BCUT2D eigenvalue weighted by molar-refractivity contribution is 6.54. The number of anilines is 3. The third-order valence-electron chi connectivity index (χ3n) is 6.03. The molecule has 17 heteroatoms. The van der Waals surface area contributed by atoms with Crippen molar-refractivity contribution >= 4 is 104 Å². The minimum atomic E-state index is -3.51. The zero-order valence-electron chi connectivity index (χ0n) is 20.1. The number of carbonyl (C=O) groups excluding carboxylic acids is 3. The highest BCUT2D eigenvalue weighted by Gasteiger charge is 2.67. The summed E-state index contributed by atoms with van der Waals surface area (Å²) in [5.74, 6) is -10.1. The Kier molecular flexibility index (Phi) is 9.42. The molecule has 42 heavy (non-hydrogen) atoms. The van der Waals surface area contributed by atoms with Gasteiger partial charge in [0.2, 0.25) is 5.91 Å². The number of hydrogen-bond donors (Lipinski definition) is 3. The number of amides is 3. The first-order valence-electron chi connectivity index (χ1n) is 11.2. The average Bonchev–Trinajstić information content (AvgIpc) is 3.49. The van der Waals surface area contributed by atoms with E-state index in [1.807, 2.05) is 5.32 Å². The lowest BCUT2D eigenvalue weighted by atomic mass is 10.1. The number of hydrogen-bond acceptors (Lipinski definition) is 3. The second-order valence-corrected chi connectivity index (χ2v) is 11.8. The minimum Gasteiger partial charge on any atom is -0.326 e. The van der Waals surface area contributed by atoms with Gasteiger partial charge in [0, 0.05) is 15.9 Å². The normalized spacial score (nSPS) is 17.1. The molecule has 6 nitrogen and oxygen atoms in total. The van der Waals surface area contributed by atoms with E-state index in [1.54, 1.807) is 0 Å². The summed E-state index contributed by atoms with van der Waals surface area (Å²) in [7, 11) is 0. The van der Waals surface area contributed by atoms with E-state index in [0.717, 1.165) is 12.1 Å². The van der Waals surface area contributed by atoms with Crippen molar-refractivity contribution in [1.29, 1.82) is 0 Å². The molecule has 3 amide bonds. The van der Waals surface area contributed by atoms with Crippen molar-refractivity contribution in [3.63, 3.8) is 0 Å². The predicted molar refractivity (Wildman–Crippen MR) is 157 cm³/mol. The monoisotopic (exact) mass is 713 g/mol. The molecule has 2 atom stereocenters. The van der Waals surface area contributed by atoms with Gasteiger partial charge in [-0.3, -0.25) is 14.4 Å². The molecule has 0 saturated heterocycles. The molecule has 1 aliphatic rings. The molecule has 0 aliphatic heterocycles. The molecule has 3 aromatic carbocycles. The molecule has 0 heterocycles.